The van der Waals surface area contributed by atoms with Gasteiger partial charge in [-0.15, -0.1) is 11.3 Å². The fourth-order valence-corrected chi connectivity index (χ4v) is 6.45. The third-order valence-corrected chi connectivity index (χ3v) is 8.15. The number of benzene rings is 2. The summed E-state index contributed by atoms with van der Waals surface area (Å²) in [5.74, 6) is 0.398. The number of carbonyl (C=O) groups is 1. The molecular weight excluding hydrogens is 546 g/mol. The van der Waals surface area contributed by atoms with Crippen molar-refractivity contribution in [3.8, 4) is 5.75 Å². The van der Waals surface area contributed by atoms with Crippen LogP contribution in [0.4, 0.5) is 5.69 Å². The molecule has 1 N–H and O–H groups in total. The maximum atomic E-state index is 13.7. The zero-order chi connectivity index (χ0) is 24.5. The van der Waals surface area contributed by atoms with Crippen molar-refractivity contribution in [2.24, 2.45) is 4.99 Å². The second-order valence-corrected chi connectivity index (χ2v) is 11.3. The molecule has 1 aliphatic heterocycles. The largest absolute Gasteiger partial charge is 0.497 e. The lowest BCUT2D eigenvalue weighted by atomic mass is 9.95. The molecule has 1 atom stereocenters. The van der Waals surface area contributed by atoms with Crippen LogP contribution in [0.5, 0.6) is 5.75 Å². The number of amides is 1. The fraction of sp³-hybridized carbons (Fsp3) is 0.115. The SMILES string of the molecule is COc1ccc([C@H]2C(C(=O)Nc3ccccc3)=C(C)N=c3s/c(=C/c4ccc(Br)s4)c(=O)n32)cc1. The zero-order valence-electron chi connectivity index (χ0n) is 18.8. The number of carbonyl (C=O) groups excluding carboxylic acids is 1. The normalized spacial score (nSPS) is 15.5. The number of rotatable bonds is 5. The summed E-state index contributed by atoms with van der Waals surface area (Å²) in [6.45, 7) is 1.81. The van der Waals surface area contributed by atoms with E-state index in [4.69, 9.17) is 4.74 Å². The van der Waals surface area contributed by atoms with Gasteiger partial charge in [0.25, 0.3) is 11.5 Å². The summed E-state index contributed by atoms with van der Waals surface area (Å²) in [6, 6.07) is 19.9. The number of thiophene rings is 1. The Labute approximate surface area is 217 Å². The number of thiazole rings is 1. The highest BCUT2D eigenvalue weighted by atomic mass is 79.9. The quantitative estimate of drug-likeness (QED) is 0.381. The lowest BCUT2D eigenvalue weighted by molar-refractivity contribution is -0.113. The van der Waals surface area contributed by atoms with Gasteiger partial charge in [-0.05, 0) is 70.9 Å². The van der Waals surface area contributed by atoms with Crippen LogP contribution in [-0.4, -0.2) is 17.6 Å². The molecule has 0 aliphatic carbocycles. The number of allylic oxidation sites excluding steroid dienone is 1. The van der Waals surface area contributed by atoms with E-state index >= 15 is 0 Å². The van der Waals surface area contributed by atoms with Gasteiger partial charge in [-0.1, -0.05) is 41.7 Å². The van der Waals surface area contributed by atoms with Gasteiger partial charge in [0, 0.05) is 10.6 Å². The van der Waals surface area contributed by atoms with Crippen LogP contribution >= 0.6 is 38.6 Å². The molecule has 0 radical (unpaired) electrons. The second kappa shape index (κ2) is 9.77. The van der Waals surface area contributed by atoms with Crippen LogP contribution in [-0.2, 0) is 4.79 Å². The average molecular weight is 567 g/mol. The highest BCUT2D eigenvalue weighted by molar-refractivity contribution is 9.11. The molecule has 4 aromatic rings. The molecule has 1 aliphatic rings. The minimum atomic E-state index is -0.627. The van der Waals surface area contributed by atoms with Gasteiger partial charge >= 0.3 is 0 Å². The molecule has 0 saturated carbocycles. The first-order valence-electron chi connectivity index (χ1n) is 10.7. The molecule has 6 nitrogen and oxygen atoms in total. The molecule has 9 heteroatoms. The third-order valence-electron chi connectivity index (χ3n) is 5.60. The van der Waals surface area contributed by atoms with Crippen LogP contribution in [0, 0.1) is 0 Å². The first-order chi connectivity index (χ1) is 16.9. The highest BCUT2D eigenvalue weighted by Crippen LogP contribution is 2.32. The number of hydrogen-bond donors (Lipinski definition) is 1. The summed E-state index contributed by atoms with van der Waals surface area (Å²) in [5, 5.41) is 2.96. The topological polar surface area (TPSA) is 72.7 Å². The maximum absolute atomic E-state index is 13.7. The molecule has 0 spiro atoms. The van der Waals surface area contributed by atoms with Gasteiger partial charge in [-0.3, -0.25) is 14.2 Å². The van der Waals surface area contributed by atoms with Crippen molar-refractivity contribution in [3.63, 3.8) is 0 Å². The van der Waals surface area contributed by atoms with Crippen molar-refractivity contribution in [2.75, 3.05) is 12.4 Å². The van der Waals surface area contributed by atoms with Gasteiger partial charge in [-0.25, -0.2) is 4.99 Å². The molecule has 35 heavy (non-hydrogen) atoms. The number of methoxy groups -OCH3 is 1. The second-order valence-electron chi connectivity index (χ2n) is 7.82. The van der Waals surface area contributed by atoms with Crippen molar-refractivity contribution in [1.29, 1.82) is 0 Å². The Bertz CT molecular complexity index is 1620. The van der Waals surface area contributed by atoms with Gasteiger partial charge in [0.15, 0.2) is 4.80 Å². The molecule has 1 amide bonds. The molecule has 3 heterocycles. The van der Waals surface area contributed by atoms with Crippen LogP contribution < -0.4 is 24.9 Å². The van der Waals surface area contributed by atoms with E-state index < -0.39 is 6.04 Å². The molecule has 0 saturated heterocycles. The van der Waals surface area contributed by atoms with Crippen LogP contribution in [0.1, 0.15) is 23.4 Å². The summed E-state index contributed by atoms with van der Waals surface area (Å²) < 4.78 is 8.48. The van der Waals surface area contributed by atoms with Gasteiger partial charge < -0.3 is 10.1 Å². The predicted octanol–water partition coefficient (Wildman–Crippen LogP) is 4.71. The first-order valence-corrected chi connectivity index (χ1v) is 13.2. The number of para-hydroxylation sites is 1. The predicted molar refractivity (Wildman–Crippen MR) is 144 cm³/mol. The van der Waals surface area contributed by atoms with E-state index in [0.29, 0.717) is 32.0 Å². The number of ether oxygens (including phenoxy) is 1. The summed E-state index contributed by atoms with van der Waals surface area (Å²) in [4.78, 5) is 33.4. The van der Waals surface area contributed by atoms with E-state index in [1.807, 2.05) is 79.7 Å². The van der Waals surface area contributed by atoms with Gasteiger partial charge in [0.2, 0.25) is 0 Å². The van der Waals surface area contributed by atoms with Crippen LogP contribution in [0.25, 0.3) is 6.08 Å². The summed E-state index contributed by atoms with van der Waals surface area (Å²) in [6.07, 6.45) is 1.87. The highest BCUT2D eigenvalue weighted by Gasteiger charge is 2.32. The smallest absolute Gasteiger partial charge is 0.271 e. The van der Waals surface area contributed by atoms with Gasteiger partial charge in [0.1, 0.15) is 5.75 Å². The van der Waals surface area contributed by atoms with Crippen molar-refractivity contribution >= 4 is 56.3 Å². The minimum absolute atomic E-state index is 0.184. The van der Waals surface area contributed by atoms with Crippen LogP contribution in [0.3, 0.4) is 0 Å². The molecule has 176 valence electrons. The van der Waals surface area contributed by atoms with E-state index in [0.717, 1.165) is 14.2 Å². The summed E-state index contributed by atoms with van der Waals surface area (Å²) in [7, 11) is 1.60. The number of fused-ring (bicyclic) bond motifs is 1. The number of halogens is 1. The van der Waals surface area contributed by atoms with Gasteiger partial charge in [0.05, 0.1) is 32.7 Å². The van der Waals surface area contributed by atoms with Crippen molar-refractivity contribution in [1.82, 2.24) is 4.57 Å². The lowest BCUT2D eigenvalue weighted by Gasteiger charge is -2.25. The van der Waals surface area contributed by atoms with Gasteiger partial charge in [-0.2, -0.15) is 0 Å². The van der Waals surface area contributed by atoms with E-state index in [1.165, 1.54) is 11.3 Å². The van der Waals surface area contributed by atoms with E-state index in [2.05, 4.69) is 26.2 Å². The van der Waals surface area contributed by atoms with E-state index in [-0.39, 0.29) is 11.5 Å². The Morgan fingerprint density at radius 1 is 1.09 bits per heavy atom. The van der Waals surface area contributed by atoms with Crippen molar-refractivity contribution < 1.29 is 9.53 Å². The number of nitrogens with zero attached hydrogens (tertiary/aromatic N) is 2. The minimum Gasteiger partial charge on any atom is -0.497 e. The number of aromatic nitrogens is 1. The Morgan fingerprint density at radius 3 is 2.49 bits per heavy atom. The molecule has 2 aromatic heterocycles. The van der Waals surface area contributed by atoms with Crippen LogP contribution in [0.15, 0.2) is 91.6 Å². The third kappa shape index (κ3) is 4.67. The van der Waals surface area contributed by atoms with E-state index in [9.17, 15) is 9.59 Å². The Morgan fingerprint density at radius 2 is 1.83 bits per heavy atom. The monoisotopic (exact) mass is 565 g/mol. The standard InChI is InChI=1S/C26H20BrN3O3S2/c1-15-22(24(31)29-17-6-4-3-5-7-17)23(16-8-10-18(33-2)11-9-16)30-25(32)20(35-26(30)28-15)14-19-12-13-21(27)34-19/h3-14,23H,1-2H3,(H,29,31)/b20-14+/t23-/m0/s1. The molecule has 5 rings (SSSR count). The Hall–Kier alpha value is -3.27. The first kappa shape index (κ1) is 23.5. The summed E-state index contributed by atoms with van der Waals surface area (Å²) in [5.41, 5.74) is 2.29. The number of nitrogens with one attached hydrogen (secondary N) is 1. The van der Waals surface area contributed by atoms with E-state index in [1.54, 1.807) is 23.0 Å². The van der Waals surface area contributed by atoms with Crippen LogP contribution in [0.2, 0.25) is 0 Å². The van der Waals surface area contributed by atoms with Crippen molar-refractivity contribution in [2.45, 2.75) is 13.0 Å². The molecule has 0 bridgehead atoms. The average Bonchev–Trinajstić information content (AvgIpc) is 3.41. The number of hydrogen-bond acceptors (Lipinski definition) is 6. The molecule has 0 unspecified atom stereocenters. The molecule has 2 aromatic carbocycles. The molecule has 0 fully saturated rings. The summed E-state index contributed by atoms with van der Waals surface area (Å²) >= 11 is 6.34. The fourth-order valence-electron chi connectivity index (χ4n) is 3.97. The maximum Gasteiger partial charge on any atom is 0.271 e. The van der Waals surface area contributed by atoms with Crippen molar-refractivity contribution in [3.05, 3.63) is 112 Å². The number of anilines is 1. The Kier molecular flexibility index (Phi) is 6.55. The zero-order valence-corrected chi connectivity index (χ0v) is 22.0. The lowest BCUT2D eigenvalue weighted by Crippen LogP contribution is -2.40. The molecular formula is C26H20BrN3O3S2. The Balaban J connectivity index is 1.67.